The molecule has 336 valence electrons. The zero-order chi connectivity index (χ0) is 46.0. The van der Waals surface area contributed by atoms with E-state index in [1.54, 1.807) is 47.7 Å². The number of carbonyl (C=O) groups is 10. The molecule has 8 amide bonds. The summed E-state index contributed by atoms with van der Waals surface area (Å²) in [5.41, 5.74) is 9.82. The van der Waals surface area contributed by atoms with E-state index < -0.39 is 139 Å². The molecule has 0 aliphatic heterocycles. The first kappa shape index (κ1) is 51.9. The van der Waals surface area contributed by atoms with Crippen LogP contribution in [0.2, 0.25) is 0 Å². The highest BCUT2D eigenvalue weighted by molar-refractivity contribution is 5.98. The van der Waals surface area contributed by atoms with Gasteiger partial charge in [0, 0.05) is 18.3 Å². The Bertz CT molecular complexity index is 1690. The first-order valence-electron chi connectivity index (χ1n) is 19.5. The van der Waals surface area contributed by atoms with E-state index in [-0.39, 0.29) is 18.8 Å². The van der Waals surface area contributed by atoms with Crippen molar-refractivity contribution in [2.24, 2.45) is 23.5 Å². The molecule has 0 saturated heterocycles. The molecule has 1 aromatic heterocycles. The number of carboxylic acid groups (broad SMARTS) is 2. The van der Waals surface area contributed by atoms with Crippen molar-refractivity contribution in [2.75, 3.05) is 0 Å². The first-order valence-corrected chi connectivity index (χ1v) is 19.5. The monoisotopic (exact) mass is 852 g/mol. The summed E-state index contributed by atoms with van der Waals surface area (Å²) in [4.78, 5) is 134. The van der Waals surface area contributed by atoms with Gasteiger partial charge in [0.1, 0.15) is 42.3 Å². The average Bonchev–Trinajstić information content (AvgIpc) is 3.65. The van der Waals surface area contributed by atoms with Crippen LogP contribution < -0.4 is 48.7 Å². The molecule has 0 spiro atoms. The summed E-state index contributed by atoms with van der Waals surface area (Å²) < 4.78 is 0. The molecule has 0 aromatic carbocycles. The second kappa shape index (κ2) is 24.7. The smallest absolute Gasteiger partial charge is 0.326 e. The van der Waals surface area contributed by atoms with Gasteiger partial charge in [-0.2, -0.15) is 0 Å². The molecule has 23 nitrogen and oxygen atoms in total. The third-order valence-electron chi connectivity index (χ3n) is 9.03. The second-order valence-electron chi connectivity index (χ2n) is 15.7. The van der Waals surface area contributed by atoms with Gasteiger partial charge in [0.15, 0.2) is 6.04 Å². The van der Waals surface area contributed by atoms with E-state index >= 15 is 0 Å². The minimum absolute atomic E-state index is 0.0918. The third-order valence-corrected chi connectivity index (χ3v) is 9.03. The van der Waals surface area contributed by atoms with Crippen LogP contribution >= 0.6 is 0 Å². The Morgan fingerprint density at radius 1 is 0.650 bits per heavy atom. The normalized spacial score (nSPS) is 15.2. The summed E-state index contributed by atoms with van der Waals surface area (Å²) in [5, 5.41) is 35.7. The number of carboxylic acids is 2. The number of nitrogens with one attached hydrogen (secondary N) is 8. The van der Waals surface area contributed by atoms with Gasteiger partial charge in [-0.3, -0.25) is 43.2 Å². The Labute approximate surface area is 347 Å². The Morgan fingerprint density at radius 3 is 1.58 bits per heavy atom. The third kappa shape index (κ3) is 18.2. The molecule has 15 N–H and O–H groups in total. The average molecular weight is 853 g/mol. The minimum Gasteiger partial charge on any atom is -0.481 e. The number of carbonyl (C=O) groups excluding carboxylic acids is 8. The number of imidazole rings is 1. The number of hydrogen-bond acceptors (Lipinski definition) is 11. The largest absolute Gasteiger partial charge is 0.481 e. The molecule has 1 aromatic rings. The number of rotatable bonds is 26. The minimum atomic E-state index is -1.72. The van der Waals surface area contributed by atoms with Gasteiger partial charge in [-0.05, 0) is 44.4 Å². The fraction of sp³-hybridized carbons (Fsp3) is 0.649. The highest BCUT2D eigenvalue weighted by atomic mass is 16.4. The highest BCUT2D eigenvalue weighted by Crippen LogP contribution is 2.09. The number of primary amides is 1. The van der Waals surface area contributed by atoms with Crippen molar-refractivity contribution in [3.05, 3.63) is 18.2 Å². The second-order valence-corrected chi connectivity index (χ2v) is 15.7. The fourth-order valence-electron chi connectivity index (χ4n) is 5.59. The predicted molar refractivity (Wildman–Crippen MR) is 211 cm³/mol. The zero-order valence-electron chi connectivity index (χ0n) is 35.2. The molecule has 60 heavy (non-hydrogen) atoms. The molecule has 0 saturated carbocycles. The van der Waals surface area contributed by atoms with Crippen LogP contribution in [0.4, 0.5) is 0 Å². The maximum absolute atomic E-state index is 13.6. The van der Waals surface area contributed by atoms with Gasteiger partial charge in [0.25, 0.3) is 5.91 Å². The molecule has 0 radical (unpaired) electrons. The van der Waals surface area contributed by atoms with Gasteiger partial charge in [0.2, 0.25) is 41.4 Å². The van der Waals surface area contributed by atoms with Crippen LogP contribution in [0.25, 0.3) is 0 Å². The molecule has 23 heteroatoms. The van der Waals surface area contributed by atoms with Gasteiger partial charge in [-0.15, -0.1) is 0 Å². The molecule has 8 atom stereocenters. The van der Waals surface area contributed by atoms with E-state index in [1.165, 1.54) is 20.2 Å². The Morgan fingerprint density at radius 2 is 1.12 bits per heavy atom. The lowest BCUT2D eigenvalue weighted by Crippen LogP contribution is -2.70. The van der Waals surface area contributed by atoms with E-state index in [2.05, 4.69) is 52.9 Å². The SMILES string of the molecule is CC(C)C[C@H](NC(=O)[C@H](C)NC(=O)[C@H](CC(N)=O)NC(=O)[C@H](CCC(=O)O)NC(=O)[C@@H](NC(=O)[C@H](C)NC(=O)[C@@H](NC(=O)[C@@H]([NH3+])Cc1cnc[nH]1)C(C)C)C(C)C)C(=O)O. The van der Waals surface area contributed by atoms with Crippen molar-refractivity contribution in [1.82, 2.24) is 47.2 Å². The summed E-state index contributed by atoms with van der Waals surface area (Å²) in [6.07, 6.45) is 1.38. The fourth-order valence-corrected chi connectivity index (χ4v) is 5.59. The van der Waals surface area contributed by atoms with Crippen LogP contribution in [-0.2, 0) is 54.4 Å². The lowest BCUT2D eigenvalue weighted by molar-refractivity contribution is -0.403. The lowest BCUT2D eigenvalue weighted by Gasteiger charge is -2.28. The Kier molecular flexibility index (Phi) is 21.4. The number of nitrogens with zero attached hydrogens (tertiary/aromatic N) is 1. The molecular weight excluding hydrogens is 790 g/mol. The number of hydrogen-bond donors (Lipinski definition) is 12. The first-order chi connectivity index (χ1) is 27.8. The van der Waals surface area contributed by atoms with Crippen LogP contribution in [0.1, 0.15) is 86.8 Å². The molecule has 0 unspecified atom stereocenters. The van der Waals surface area contributed by atoms with Crippen molar-refractivity contribution in [2.45, 2.75) is 136 Å². The molecule has 1 rings (SSSR count). The quantitative estimate of drug-likeness (QED) is 0.0426. The van der Waals surface area contributed by atoms with Crippen molar-refractivity contribution in [3.63, 3.8) is 0 Å². The van der Waals surface area contributed by atoms with E-state index in [0.29, 0.717) is 5.69 Å². The van der Waals surface area contributed by atoms with Gasteiger partial charge < -0.3 is 63.9 Å². The van der Waals surface area contributed by atoms with Gasteiger partial charge in [0.05, 0.1) is 19.2 Å². The van der Waals surface area contributed by atoms with Gasteiger partial charge in [-0.1, -0.05) is 41.5 Å². The number of aromatic amines is 1. The molecule has 0 bridgehead atoms. The zero-order valence-corrected chi connectivity index (χ0v) is 35.2. The van der Waals surface area contributed by atoms with Crippen LogP contribution in [0.3, 0.4) is 0 Å². The number of amides is 8. The van der Waals surface area contributed by atoms with Crippen molar-refractivity contribution < 1.29 is 63.9 Å². The topological polar surface area (TPSA) is 378 Å². The molecule has 1 heterocycles. The summed E-state index contributed by atoms with van der Waals surface area (Å²) in [7, 11) is 0. The van der Waals surface area contributed by atoms with Crippen molar-refractivity contribution in [3.8, 4) is 0 Å². The molecular formula is C37H62N11O12+. The number of H-pyrrole nitrogens is 1. The van der Waals surface area contributed by atoms with Crippen LogP contribution in [0, 0.1) is 17.8 Å². The van der Waals surface area contributed by atoms with Crippen LogP contribution in [0.5, 0.6) is 0 Å². The Hall–Kier alpha value is -6.13. The maximum atomic E-state index is 13.6. The summed E-state index contributed by atoms with van der Waals surface area (Å²) in [5.74, 6) is -10.9. The summed E-state index contributed by atoms with van der Waals surface area (Å²) >= 11 is 0. The standard InChI is InChI=1S/C37H61N11O12/c1-16(2)11-25(37(59)60)46-30(52)19(7)42-34(56)24(13-26(39)49)45-33(55)23(9-10-27(50)51)44-36(58)29(18(5)6)47-31(53)20(8)43-35(57)28(17(3)4)48-32(54)22(38)12-21-14-40-15-41-21/h14-20,22-25,28-29H,9-13,38H2,1-8H3,(H2,39,49)(H,40,41)(H,42,56)(H,43,57)(H,44,58)(H,45,55)(H,46,52)(H,47,53)(H,48,54)(H,50,51)(H,59,60)/p+1/t19-,20-,22-,23-,24-,25-,28-,29-/m0/s1. The number of quaternary nitrogens is 1. The van der Waals surface area contributed by atoms with Gasteiger partial charge in [-0.25, -0.2) is 9.78 Å². The number of aliphatic carboxylic acids is 2. The maximum Gasteiger partial charge on any atom is 0.326 e. The highest BCUT2D eigenvalue weighted by Gasteiger charge is 2.35. The van der Waals surface area contributed by atoms with E-state index in [0.717, 1.165) is 0 Å². The summed E-state index contributed by atoms with van der Waals surface area (Å²) in [6, 6.07) is -10.4. The van der Waals surface area contributed by atoms with Crippen LogP contribution in [-0.4, -0.2) is 128 Å². The number of aromatic nitrogens is 2. The molecule has 0 fully saturated rings. The van der Waals surface area contributed by atoms with E-state index in [4.69, 9.17) is 5.73 Å². The lowest BCUT2D eigenvalue weighted by atomic mass is 10.0. The Balaban J connectivity index is 3.11. The van der Waals surface area contributed by atoms with E-state index in [1.807, 2.05) is 0 Å². The number of nitrogens with two attached hydrogens (primary N) is 1. The molecule has 0 aliphatic rings. The predicted octanol–water partition coefficient (Wildman–Crippen LogP) is -3.82. The summed E-state index contributed by atoms with van der Waals surface area (Å²) in [6.45, 7) is 12.6. The van der Waals surface area contributed by atoms with Crippen molar-refractivity contribution in [1.29, 1.82) is 0 Å². The van der Waals surface area contributed by atoms with Crippen LogP contribution in [0.15, 0.2) is 12.5 Å². The van der Waals surface area contributed by atoms with E-state index in [9.17, 15) is 58.2 Å². The van der Waals surface area contributed by atoms with Gasteiger partial charge >= 0.3 is 11.9 Å². The van der Waals surface area contributed by atoms with Crippen molar-refractivity contribution >= 4 is 59.2 Å². The molecule has 0 aliphatic carbocycles.